The highest BCUT2D eigenvalue weighted by atomic mass is 16.5. The van der Waals surface area contributed by atoms with Crippen LogP contribution in [0.25, 0.3) is 11.2 Å². The molecule has 1 aliphatic heterocycles. The van der Waals surface area contributed by atoms with Gasteiger partial charge in [0.05, 0.1) is 12.7 Å². The van der Waals surface area contributed by atoms with E-state index in [2.05, 4.69) is 16.5 Å². The van der Waals surface area contributed by atoms with E-state index in [-0.39, 0.29) is 36.7 Å². The lowest BCUT2D eigenvalue weighted by Gasteiger charge is -2.12. The van der Waals surface area contributed by atoms with Crippen LogP contribution in [0.5, 0.6) is 0 Å². The van der Waals surface area contributed by atoms with Gasteiger partial charge < -0.3 is 20.7 Å². The average Bonchev–Trinajstić information content (AvgIpc) is 2.98. The number of nitrogens with two attached hydrogens (primary N) is 1. The van der Waals surface area contributed by atoms with E-state index in [1.807, 2.05) is 0 Å². The molecule has 0 bridgehead atoms. The Morgan fingerprint density at radius 2 is 2.26 bits per heavy atom. The van der Waals surface area contributed by atoms with Gasteiger partial charge in [0.1, 0.15) is 12.3 Å². The van der Waals surface area contributed by atoms with Crippen LogP contribution < -0.4 is 17.0 Å². The zero-order valence-electron chi connectivity index (χ0n) is 12.2. The highest BCUT2D eigenvalue weighted by Gasteiger charge is 2.37. The van der Waals surface area contributed by atoms with Crippen molar-refractivity contribution >= 4 is 17.1 Å². The first-order valence-electron chi connectivity index (χ1n) is 7.03. The van der Waals surface area contributed by atoms with E-state index in [4.69, 9.17) is 10.5 Å². The largest absolute Gasteiger partial charge is 0.394 e. The molecule has 1 aliphatic rings. The predicted octanol–water partition coefficient (Wildman–Crippen LogP) is -1.70. The maximum absolute atomic E-state index is 12.7. The Hall–Kier alpha value is -2.43. The second-order valence-electron chi connectivity index (χ2n) is 5.29. The number of ether oxygens (including phenoxy) is 1. The van der Waals surface area contributed by atoms with E-state index >= 15 is 0 Å². The molecule has 0 aromatic carbocycles. The number of aliphatic hydroxyl groups excluding tert-OH is 2. The van der Waals surface area contributed by atoms with Crippen molar-refractivity contribution in [3.05, 3.63) is 33.5 Å². The smallest absolute Gasteiger partial charge is 0.332 e. The van der Waals surface area contributed by atoms with Gasteiger partial charge in [0.25, 0.3) is 5.56 Å². The van der Waals surface area contributed by atoms with Gasteiger partial charge in [-0.25, -0.2) is 9.36 Å². The first-order chi connectivity index (χ1) is 11.0. The molecule has 10 nitrogen and oxygen atoms in total. The summed E-state index contributed by atoms with van der Waals surface area (Å²) in [5.74, 6) is -0.135. The number of imidazole rings is 1. The molecule has 5 N–H and O–H groups in total. The van der Waals surface area contributed by atoms with Crippen molar-refractivity contribution in [1.82, 2.24) is 19.1 Å². The van der Waals surface area contributed by atoms with Crippen molar-refractivity contribution in [1.29, 1.82) is 0 Å². The van der Waals surface area contributed by atoms with E-state index < -0.39 is 29.7 Å². The fraction of sp³-hybridized carbons (Fsp3) is 0.462. The Balaban J connectivity index is 2.25. The Morgan fingerprint density at radius 1 is 1.52 bits per heavy atom. The summed E-state index contributed by atoms with van der Waals surface area (Å²) in [6.07, 6.45) is -1.01. The Kier molecular flexibility index (Phi) is 3.80. The van der Waals surface area contributed by atoms with Gasteiger partial charge in [-0.1, -0.05) is 6.08 Å². The topological polar surface area (TPSA) is 148 Å². The van der Waals surface area contributed by atoms with Crippen LogP contribution in [0, 0.1) is 0 Å². The minimum absolute atomic E-state index is 0.0506. The number of hydrogen-bond donors (Lipinski definition) is 4. The van der Waals surface area contributed by atoms with Gasteiger partial charge >= 0.3 is 5.69 Å². The van der Waals surface area contributed by atoms with Crippen molar-refractivity contribution in [2.75, 3.05) is 12.3 Å². The second-order valence-corrected chi connectivity index (χ2v) is 5.29. The number of anilines is 1. The van der Waals surface area contributed by atoms with Crippen molar-refractivity contribution < 1.29 is 14.9 Å². The molecule has 3 rings (SSSR count). The summed E-state index contributed by atoms with van der Waals surface area (Å²) < 4.78 is 7.87. The molecule has 0 saturated carbocycles. The standard InChI is InChI=1S/C13H17N5O5/c1-2-3-17-9-10(15-12(14)16-11(9)21)18(13(17)22)8-4-6(20)7(5-19)23-8/h2,6-8,19-20H,1,3-5H2,(H3,14,15,16,21)/t6-,7?,8?/m0/s1. The molecule has 0 amide bonds. The van der Waals surface area contributed by atoms with Crippen LogP contribution in [0.15, 0.2) is 22.2 Å². The normalized spacial score (nSPS) is 24.3. The van der Waals surface area contributed by atoms with Crippen LogP contribution in [0.4, 0.5) is 5.95 Å². The zero-order valence-corrected chi connectivity index (χ0v) is 12.2. The molecule has 0 aliphatic carbocycles. The molecule has 23 heavy (non-hydrogen) atoms. The van der Waals surface area contributed by atoms with E-state index in [0.29, 0.717) is 0 Å². The third kappa shape index (κ3) is 2.36. The molecule has 1 saturated heterocycles. The Morgan fingerprint density at radius 3 is 2.87 bits per heavy atom. The molecule has 3 heterocycles. The van der Waals surface area contributed by atoms with E-state index in [1.54, 1.807) is 0 Å². The summed E-state index contributed by atoms with van der Waals surface area (Å²) in [4.78, 5) is 31.2. The molecule has 10 heteroatoms. The fourth-order valence-electron chi connectivity index (χ4n) is 2.80. The number of aromatic nitrogens is 4. The van der Waals surface area contributed by atoms with Gasteiger partial charge in [-0.2, -0.15) is 4.98 Å². The SMILES string of the molecule is C=CCn1c(=O)n(C2C[C@H](O)C(CO)O2)c2nc(N)[nH]c(=O)c21. The van der Waals surface area contributed by atoms with Crippen molar-refractivity contribution in [2.24, 2.45) is 0 Å². The number of aromatic amines is 1. The van der Waals surface area contributed by atoms with E-state index in [0.717, 1.165) is 0 Å². The summed E-state index contributed by atoms with van der Waals surface area (Å²) in [5, 5.41) is 19.0. The van der Waals surface area contributed by atoms with Crippen LogP contribution in [0.2, 0.25) is 0 Å². The first kappa shape index (κ1) is 15.5. The Labute approximate surface area is 129 Å². The number of H-pyrrole nitrogens is 1. The molecule has 2 aromatic heterocycles. The van der Waals surface area contributed by atoms with Gasteiger partial charge in [0, 0.05) is 13.0 Å². The van der Waals surface area contributed by atoms with Crippen LogP contribution >= 0.6 is 0 Å². The van der Waals surface area contributed by atoms with Gasteiger partial charge in [-0.05, 0) is 0 Å². The molecule has 2 aromatic rings. The molecule has 1 fully saturated rings. The van der Waals surface area contributed by atoms with Crippen LogP contribution in [-0.2, 0) is 11.3 Å². The number of allylic oxidation sites excluding steroid dienone is 1. The zero-order chi connectivity index (χ0) is 16.7. The van der Waals surface area contributed by atoms with Crippen molar-refractivity contribution in [3.63, 3.8) is 0 Å². The average molecular weight is 323 g/mol. The van der Waals surface area contributed by atoms with E-state index in [9.17, 15) is 19.8 Å². The summed E-state index contributed by atoms with van der Waals surface area (Å²) >= 11 is 0. The van der Waals surface area contributed by atoms with E-state index in [1.165, 1.54) is 15.2 Å². The molecule has 124 valence electrons. The number of rotatable bonds is 4. The number of aliphatic hydroxyl groups is 2. The maximum atomic E-state index is 12.7. The molecular weight excluding hydrogens is 306 g/mol. The van der Waals surface area contributed by atoms with Gasteiger partial charge in [0.15, 0.2) is 11.2 Å². The highest BCUT2D eigenvalue weighted by molar-refractivity contribution is 5.71. The molecule has 3 atom stereocenters. The number of nitrogen functional groups attached to an aromatic ring is 1. The number of nitrogens with zero attached hydrogens (tertiary/aromatic N) is 3. The van der Waals surface area contributed by atoms with Gasteiger partial charge in [-0.3, -0.25) is 14.3 Å². The molecule has 0 spiro atoms. The third-order valence-corrected chi connectivity index (χ3v) is 3.81. The summed E-state index contributed by atoms with van der Waals surface area (Å²) in [6.45, 7) is 3.29. The summed E-state index contributed by atoms with van der Waals surface area (Å²) in [7, 11) is 0. The van der Waals surface area contributed by atoms with Crippen LogP contribution in [-0.4, -0.2) is 48.1 Å². The predicted molar refractivity (Wildman–Crippen MR) is 80.8 cm³/mol. The quantitative estimate of drug-likeness (QED) is 0.490. The first-order valence-corrected chi connectivity index (χ1v) is 7.03. The second kappa shape index (κ2) is 5.65. The monoisotopic (exact) mass is 323 g/mol. The van der Waals surface area contributed by atoms with Gasteiger partial charge in [-0.15, -0.1) is 6.58 Å². The Bertz CT molecular complexity index is 866. The fourth-order valence-corrected chi connectivity index (χ4v) is 2.80. The van der Waals surface area contributed by atoms with Gasteiger partial charge in [0.2, 0.25) is 5.95 Å². The molecule has 2 unspecified atom stereocenters. The summed E-state index contributed by atoms with van der Waals surface area (Å²) in [5.41, 5.74) is 4.60. The number of fused-ring (bicyclic) bond motifs is 1. The lowest BCUT2D eigenvalue weighted by Crippen LogP contribution is -2.28. The maximum Gasteiger partial charge on any atom is 0.332 e. The van der Waals surface area contributed by atoms with Crippen LogP contribution in [0.1, 0.15) is 12.6 Å². The molecule has 0 radical (unpaired) electrons. The van der Waals surface area contributed by atoms with Crippen molar-refractivity contribution in [2.45, 2.75) is 31.4 Å². The van der Waals surface area contributed by atoms with Crippen molar-refractivity contribution in [3.8, 4) is 0 Å². The molecular formula is C13H17N5O5. The number of hydrogen-bond acceptors (Lipinski definition) is 7. The minimum atomic E-state index is -0.922. The minimum Gasteiger partial charge on any atom is -0.394 e. The lowest BCUT2D eigenvalue weighted by atomic mass is 10.2. The van der Waals surface area contributed by atoms with Crippen LogP contribution in [0.3, 0.4) is 0 Å². The number of nitrogens with one attached hydrogen (secondary N) is 1. The third-order valence-electron chi connectivity index (χ3n) is 3.81. The lowest BCUT2D eigenvalue weighted by molar-refractivity contribution is -0.0443. The summed E-state index contributed by atoms with van der Waals surface area (Å²) in [6, 6.07) is 0. The highest BCUT2D eigenvalue weighted by Crippen LogP contribution is 2.29.